The van der Waals surface area contributed by atoms with Gasteiger partial charge in [-0.25, -0.2) is 9.69 Å². The molecule has 1 amide bonds. The monoisotopic (exact) mass is 397 g/mol. The third-order valence-corrected chi connectivity index (χ3v) is 3.98. The first-order valence-electron chi connectivity index (χ1n) is 6.34. The molecule has 0 spiro atoms. The molecule has 5 nitrogen and oxygen atoms in total. The van der Waals surface area contributed by atoms with Gasteiger partial charge in [0, 0.05) is 9.64 Å². The maximum absolute atomic E-state index is 11.7. The largest absolute Gasteiger partial charge is 0.486 e. The second-order valence-corrected chi connectivity index (χ2v) is 5.56. The van der Waals surface area contributed by atoms with Crippen LogP contribution in [0.3, 0.4) is 0 Å². The van der Waals surface area contributed by atoms with E-state index < -0.39 is 6.09 Å². The highest BCUT2D eigenvalue weighted by Gasteiger charge is 2.21. The van der Waals surface area contributed by atoms with Gasteiger partial charge in [-0.3, -0.25) is 0 Å². The lowest BCUT2D eigenvalue weighted by Crippen LogP contribution is -2.25. The Morgan fingerprint density at radius 2 is 1.81 bits per heavy atom. The van der Waals surface area contributed by atoms with Crippen molar-refractivity contribution >= 4 is 40.1 Å². The van der Waals surface area contributed by atoms with Gasteiger partial charge >= 0.3 is 6.09 Å². The van der Waals surface area contributed by atoms with Gasteiger partial charge in [-0.05, 0) is 46.9 Å². The van der Waals surface area contributed by atoms with Gasteiger partial charge in [0.2, 0.25) is 0 Å². The molecular formula is C15H12INO4. The molecule has 0 saturated heterocycles. The summed E-state index contributed by atoms with van der Waals surface area (Å²) >= 11 is 2.12. The number of carboxylic acid groups (broad SMARTS) is 1. The summed E-state index contributed by atoms with van der Waals surface area (Å²) in [5.41, 5.74) is 1.14. The Hall–Kier alpha value is -1.96. The summed E-state index contributed by atoms with van der Waals surface area (Å²) in [7, 11) is 0. The fraction of sp³-hybridized carbons (Fsp3) is 0.133. The Balaban J connectivity index is 2.06. The Kier molecular flexibility index (Phi) is 3.87. The highest BCUT2D eigenvalue weighted by atomic mass is 127. The molecule has 0 atom stereocenters. The number of halogens is 1. The van der Waals surface area contributed by atoms with Crippen molar-refractivity contribution in [3.63, 3.8) is 0 Å². The van der Waals surface area contributed by atoms with Crippen molar-refractivity contribution in [3.05, 3.63) is 46.0 Å². The van der Waals surface area contributed by atoms with Gasteiger partial charge in [-0.15, -0.1) is 0 Å². The van der Waals surface area contributed by atoms with Crippen molar-refractivity contribution in [2.45, 2.75) is 0 Å². The third kappa shape index (κ3) is 2.76. The van der Waals surface area contributed by atoms with Crippen LogP contribution in [0.1, 0.15) is 0 Å². The van der Waals surface area contributed by atoms with E-state index in [-0.39, 0.29) is 0 Å². The Morgan fingerprint density at radius 3 is 2.52 bits per heavy atom. The quantitative estimate of drug-likeness (QED) is 0.782. The normalized spacial score (nSPS) is 12.8. The first-order valence-corrected chi connectivity index (χ1v) is 7.42. The maximum Gasteiger partial charge on any atom is 0.416 e. The summed E-state index contributed by atoms with van der Waals surface area (Å²) < 4.78 is 11.8. The molecule has 6 heteroatoms. The molecule has 1 aliphatic rings. The lowest BCUT2D eigenvalue weighted by atomic mass is 10.2. The lowest BCUT2D eigenvalue weighted by Gasteiger charge is -2.24. The number of hydrogen-bond donors (Lipinski definition) is 1. The SMILES string of the molecule is O=C(O)N(c1ccc2c(c1)OCCO2)c1ccccc1I. The molecule has 1 aliphatic heterocycles. The molecule has 2 aromatic rings. The smallest absolute Gasteiger partial charge is 0.416 e. The van der Waals surface area contributed by atoms with Crippen LogP contribution in [0.4, 0.5) is 16.2 Å². The molecule has 21 heavy (non-hydrogen) atoms. The van der Waals surface area contributed by atoms with E-state index >= 15 is 0 Å². The summed E-state index contributed by atoms with van der Waals surface area (Å²) in [5, 5.41) is 9.56. The molecule has 0 fully saturated rings. The zero-order chi connectivity index (χ0) is 14.8. The predicted molar refractivity (Wildman–Crippen MR) is 86.8 cm³/mol. The van der Waals surface area contributed by atoms with Crippen LogP contribution in [-0.4, -0.2) is 24.4 Å². The van der Waals surface area contributed by atoms with Crippen molar-refractivity contribution in [2.75, 3.05) is 18.1 Å². The van der Waals surface area contributed by atoms with Crippen LogP contribution >= 0.6 is 22.6 Å². The second kappa shape index (κ2) is 5.80. The van der Waals surface area contributed by atoms with E-state index in [0.717, 1.165) is 3.57 Å². The number of amides is 1. The number of benzene rings is 2. The van der Waals surface area contributed by atoms with Gasteiger partial charge in [0.15, 0.2) is 11.5 Å². The van der Waals surface area contributed by atoms with Crippen LogP contribution in [0.15, 0.2) is 42.5 Å². The molecular weight excluding hydrogens is 385 g/mol. The molecule has 2 aromatic carbocycles. The van der Waals surface area contributed by atoms with E-state index in [1.807, 2.05) is 18.2 Å². The number of hydrogen-bond acceptors (Lipinski definition) is 3. The highest BCUT2D eigenvalue weighted by Crippen LogP contribution is 2.37. The minimum absolute atomic E-state index is 0.465. The van der Waals surface area contributed by atoms with E-state index in [0.29, 0.717) is 36.1 Å². The average molecular weight is 397 g/mol. The predicted octanol–water partition coefficient (Wildman–Crippen LogP) is 3.88. The number of carbonyl (C=O) groups is 1. The fourth-order valence-electron chi connectivity index (χ4n) is 2.16. The Bertz CT molecular complexity index is 689. The van der Waals surface area contributed by atoms with E-state index in [4.69, 9.17) is 9.47 Å². The molecule has 0 radical (unpaired) electrons. The van der Waals surface area contributed by atoms with Crippen LogP contribution in [-0.2, 0) is 0 Å². The number of para-hydroxylation sites is 1. The summed E-state index contributed by atoms with van der Waals surface area (Å²) in [5.74, 6) is 1.20. The summed E-state index contributed by atoms with van der Waals surface area (Å²) in [6.07, 6.45) is -1.05. The van der Waals surface area contributed by atoms with Crippen molar-refractivity contribution < 1.29 is 19.4 Å². The lowest BCUT2D eigenvalue weighted by molar-refractivity contribution is 0.171. The minimum atomic E-state index is -1.05. The van der Waals surface area contributed by atoms with Crippen LogP contribution < -0.4 is 14.4 Å². The standard InChI is InChI=1S/C15H12INO4/c16-11-3-1-2-4-12(11)17(15(18)19)10-5-6-13-14(9-10)21-8-7-20-13/h1-6,9H,7-8H2,(H,18,19). The minimum Gasteiger partial charge on any atom is -0.486 e. The molecule has 0 saturated carbocycles. The molecule has 108 valence electrons. The number of rotatable bonds is 2. The first-order chi connectivity index (χ1) is 10.2. The van der Waals surface area contributed by atoms with Crippen LogP contribution in [0.5, 0.6) is 11.5 Å². The van der Waals surface area contributed by atoms with E-state index in [9.17, 15) is 9.90 Å². The molecule has 0 bridgehead atoms. The molecule has 0 unspecified atom stereocenters. The molecule has 0 aromatic heterocycles. The van der Waals surface area contributed by atoms with E-state index in [1.54, 1.807) is 24.3 Å². The maximum atomic E-state index is 11.7. The van der Waals surface area contributed by atoms with Gasteiger partial charge in [0.05, 0.1) is 11.4 Å². The summed E-state index contributed by atoms with van der Waals surface area (Å²) in [6.45, 7) is 0.970. The highest BCUT2D eigenvalue weighted by molar-refractivity contribution is 14.1. The van der Waals surface area contributed by atoms with Gasteiger partial charge in [0.25, 0.3) is 0 Å². The van der Waals surface area contributed by atoms with Crippen molar-refractivity contribution in [2.24, 2.45) is 0 Å². The summed E-state index contributed by atoms with van der Waals surface area (Å²) in [4.78, 5) is 12.9. The number of ether oxygens (including phenoxy) is 2. The van der Waals surface area contributed by atoms with Crippen LogP contribution in [0, 0.1) is 3.57 Å². The van der Waals surface area contributed by atoms with Gasteiger partial charge < -0.3 is 14.6 Å². The number of nitrogens with zero attached hydrogens (tertiary/aromatic N) is 1. The topological polar surface area (TPSA) is 59.0 Å². The van der Waals surface area contributed by atoms with Gasteiger partial charge in [-0.2, -0.15) is 0 Å². The molecule has 0 aliphatic carbocycles. The zero-order valence-corrected chi connectivity index (χ0v) is 13.1. The molecule has 1 N–H and O–H groups in total. The van der Waals surface area contributed by atoms with Gasteiger partial charge in [0.1, 0.15) is 13.2 Å². The number of anilines is 2. The number of fused-ring (bicyclic) bond motifs is 1. The Morgan fingerprint density at radius 1 is 1.10 bits per heavy atom. The summed E-state index contributed by atoms with van der Waals surface area (Å²) in [6, 6.07) is 12.4. The van der Waals surface area contributed by atoms with Crippen molar-refractivity contribution in [3.8, 4) is 11.5 Å². The first kappa shape index (κ1) is 14.0. The second-order valence-electron chi connectivity index (χ2n) is 4.40. The fourth-order valence-corrected chi connectivity index (χ4v) is 2.79. The van der Waals surface area contributed by atoms with E-state index in [1.165, 1.54) is 4.90 Å². The van der Waals surface area contributed by atoms with Crippen LogP contribution in [0.25, 0.3) is 0 Å². The third-order valence-electron chi connectivity index (χ3n) is 3.07. The van der Waals surface area contributed by atoms with Crippen molar-refractivity contribution in [1.29, 1.82) is 0 Å². The van der Waals surface area contributed by atoms with E-state index in [2.05, 4.69) is 22.6 Å². The van der Waals surface area contributed by atoms with Gasteiger partial charge in [-0.1, -0.05) is 12.1 Å². The zero-order valence-electron chi connectivity index (χ0n) is 11.0. The average Bonchev–Trinajstić information content (AvgIpc) is 2.49. The molecule has 1 heterocycles. The van der Waals surface area contributed by atoms with Crippen molar-refractivity contribution in [1.82, 2.24) is 0 Å². The molecule has 3 rings (SSSR count). The Labute approximate surface area is 135 Å². The van der Waals surface area contributed by atoms with Crippen LogP contribution in [0.2, 0.25) is 0 Å².